The van der Waals surface area contributed by atoms with Gasteiger partial charge in [-0.25, -0.2) is 4.79 Å². The Balaban J connectivity index is 2.19. The monoisotopic (exact) mass is 434 g/mol. The van der Waals surface area contributed by atoms with Crippen LogP contribution in [0, 0.1) is 0 Å². The van der Waals surface area contributed by atoms with Gasteiger partial charge in [-0.15, -0.1) is 0 Å². The van der Waals surface area contributed by atoms with Crippen molar-refractivity contribution in [1.82, 2.24) is 4.98 Å². The molecule has 1 heterocycles. The summed E-state index contributed by atoms with van der Waals surface area (Å²) >= 11 is 12.1. The summed E-state index contributed by atoms with van der Waals surface area (Å²) in [5.41, 5.74) is 2.05. The van der Waals surface area contributed by atoms with Gasteiger partial charge in [0, 0.05) is 39.7 Å². The fourth-order valence-corrected chi connectivity index (χ4v) is 3.35. The lowest BCUT2D eigenvalue weighted by Gasteiger charge is -2.21. The number of halogens is 2. The smallest absolute Gasteiger partial charge is 0.435 e. The van der Waals surface area contributed by atoms with E-state index in [1.165, 1.54) is 6.07 Å². The molecule has 3 aromatic rings. The fraction of sp³-hybridized carbons (Fsp3) is 0.158. The molecule has 10 heteroatoms. The van der Waals surface area contributed by atoms with E-state index in [9.17, 15) is 15.0 Å². The first-order chi connectivity index (χ1) is 13.9. The van der Waals surface area contributed by atoms with E-state index in [0.717, 1.165) is 0 Å². The van der Waals surface area contributed by atoms with Crippen molar-refractivity contribution < 1.29 is 24.7 Å². The van der Waals surface area contributed by atoms with Crippen molar-refractivity contribution in [3.8, 4) is 0 Å². The average molecular weight is 435 g/mol. The number of anilines is 2. The third kappa shape index (κ3) is 4.80. The van der Waals surface area contributed by atoms with Crippen molar-refractivity contribution in [2.24, 2.45) is 0 Å². The maximum absolute atomic E-state index is 11.7. The summed E-state index contributed by atoms with van der Waals surface area (Å²) in [5, 5.41) is 32.9. The number of aliphatic hydroxyl groups is 1. The van der Waals surface area contributed by atoms with Gasteiger partial charge >= 0.3 is 13.7 Å². The number of benzene rings is 2. The van der Waals surface area contributed by atoms with Gasteiger partial charge in [0.05, 0.1) is 29.1 Å². The Bertz CT molecular complexity index is 1050. The lowest BCUT2D eigenvalue weighted by Crippen LogP contribution is -2.16. The lowest BCUT2D eigenvalue weighted by molar-refractivity contribution is 0.0698. The predicted molar refractivity (Wildman–Crippen MR) is 114 cm³/mol. The number of nitrogens with one attached hydrogen (secondary N) is 1. The topological polar surface area (TPSA) is 112 Å². The molecule has 0 radical (unpaired) electrons. The second-order valence-electron chi connectivity index (χ2n) is 6.25. The molecule has 0 amide bonds. The van der Waals surface area contributed by atoms with Gasteiger partial charge < -0.3 is 25.2 Å². The minimum atomic E-state index is -1.14. The number of fused-ring (bicyclic) bond motifs is 1. The third-order valence-corrected chi connectivity index (χ3v) is 4.87. The van der Waals surface area contributed by atoms with Crippen LogP contribution < -0.4 is 5.32 Å². The van der Waals surface area contributed by atoms with Gasteiger partial charge in [0.25, 0.3) is 0 Å². The molecular weight excluding hydrogens is 418 g/mol. The van der Waals surface area contributed by atoms with Crippen molar-refractivity contribution in [2.75, 3.05) is 18.5 Å². The van der Waals surface area contributed by atoms with E-state index in [4.69, 9.17) is 32.9 Å². The van der Waals surface area contributed by atoms with Crippen LogP contribution in [0.5, 0.6) is 0 Å². The van der Waals surface area contributed by atoms with E-state index in [1.807, 2.05) is 0 Å². The van der Waals surface area contributed by atoms with Gasteiger partial charge in [0.1, 0.15) is 0 Å². The van der Waals surface area contributed by atoms with E-state index in [-0.39, 0.29) is 18.8 Å². The summed E-state index contributed by atoms with van der Waals surface area (Å²) in [4.78, 5) is 16.1. The van der Waals surface area contributed by atoms with Crippen LogP contribution in [0.1, 0.15) is 21.8 Å². The standard InChI is InChI=1S/C19H17BCl2N2O5/c21-11-1-3-16-13(5-11)18(15(7-23-16)10(8-25)9-29-20-28)24-17-4-2-12(22)6-14(17)19(26)27/h1-7,10,20,25,28H,8-9H2,(H,23,24)(H,26,27). The maximum Gasteiger partial charge on any atom is 0.435 e. The van der Waals surface area contributed by atoms with E-state index in [1.54, 1.807) is 36.5 Å². The number of rotatable bonds is 8. The molecule has 0 aliphatic heterocycles. The molecule has 0 fully saturated rings. The zero-order valence-corrected chi connectivity index (χ0v) is 16.6. The van der Waals surface area contributed by atoms with Crippen LogP contribution in [0.25, 0.3) is 10.9 Å². The number of carboxylic acid groups (broad SMARTS) is 1. The normalized spacial score (nSPS) is 12.0. The second kappa shape index (κ2) is 9.43. The molecule has 4 N–H and O–H groups in total. The number of aromatic carboxylic acids is 1. The summed E-state index contributed by atoms with van der Waals surface area (Å²) in [6.07, 6.45) is 1.58. The van der Waals surface area contributed by atoms with E-state index in [2.05, 4.69) is 10.3 Å². The minimum absolute atomic E-state index is 0.0115. The number of carboxylic acids is 1. The zero-order chi connectivity index (χ0) is 21.0. The van der Waals surface area contributed by atoms with Crippen LogP contribution in [0.4, 0.5) is 11.4 Å². The Morgan fingerprint density at radius 1 is 1.21 bits per heavy atom. The van der Waals surface area contributed by atoms with Gasteiger partial charge in [-0.1, -0.05) is 23.2 Å². The second-order valence-corrected chi connectivity index (χ2v) is 7.12. The van der Waals surface area contributed by atoms with Crippen LogP contribution in [0.15, 0.2) is 42.6 Å². The number of nitrogens with zero attached hydrogens (tertiary/aromatic N) is 1. The number of carbonyl (C=O) groups is 1. The Morgan fingerprint density at radius 2 is 1.93 bits per heavy atom. The number of aromatic nitrogens is 1. The highest BCUT2D eigenvalue weighted by Gasteiger charge is 2.20. The summed E-state index contributed by atoms with van der Waals surface area (Å²) in [7, 11) is -0.494. The average Bonchev–Trinajstić information content (AvgIpc) is 2.70. The van der Waals surface area contributed by atoms with Crippen molar-refractivity contribution >= 4 is 59.1 Å². The number of hydrogen-bond acceptors (Lipinski definition) is 6. The molecule has 0 saturated heterocycles. The molecule has 0 spiro atoms. The van der Waals surface area contributed by atoms with Crippen molar-refractivity contribution in [2.45, 2.75) is 5.92 Å². The van der Waals surface area contributed by atoms with Crippen molar-refractivity contribution in [3.63, 3.8) is 0 Å². The van der Waals surface area contributed by atoms with Crippen LogP contribution in [0.2, 0.25) is 10.0 Å². The highest BCUT2D eigenvalue weighted by molar-refractivity contribution is 6.31. The summed E-state index contributed by atoms with van der Waals surface area (Å²) in [6, 6.07) is 9.62. The first-order valence-corrected chi connectivity index (χ1v) is 9.37. The molecule has 3 rings (SSSR count). The Kier molecular flexibility index (Phi) is 6.94. The van der Waals surface area contributed by atoms with Gasteiger partial charge in [-0.05, 0) is 36.4 Å². The molecule has 150 valence electrons. The Labute approximate surface area is 177 Å². The molecule has 0 bridgehead atoms. The van der Waals surface area contributed by atoms with E-state index in [0.29, 0.717) is 37.9 Å². The molecule has 7 nitrogen and oxygen atoms in total. The van der Waals surface area contributed by atoms with E-state index >= 15 is 0 Å². The third-order valence-electron chi connectivity index (χ3n) is 4.40. The number of hydrogen-bond donors (Lipinski definition) is 4. The lowest BCUT2D eigenvalue weighted by atomic mass is 9.97. The molecule has 1 aromatic heterocycles. The van der Waals surface area contributed by atoms with Crippen LogP contribution in [0.3, 0.4) is 0 Å². The van der Waals surface area contributed by atoms with Gasteiger partial charge in [-0.2, -0.15) is 0 Å². The first kappa shape index (κ1) is 21.4. The van der Waals surface area contributed by atoms with Crippen molar-refractivity contribution in [1.29, 1.82) is 0 Å². The maximum atomic E-state index is 11.7. The molecule has 0 saturated carbocycles. The van der Waals surface area contributed by atoms with Crippen LogP contribution >= 0.6 is 23.2 Å². The summed E-state index contributed by atoms with van der Waals surface area (Å²) < 4.78 is 5.06. The highest BCUT2D eigenvalue weighted by Crippen LogP contribution is 2.36. The largest absolute Gasteiger partial charge is 0.478 e. The number of aliphatic hydroxyl groups excluding tert-OH is 1. The van der Waals surface area contributed by atoms with E-state index < -0.39 is 19.6 Å². The molecule has 0 aliphatic carbocycles. The van der Waals surface area contributed by atoms with Gasteiger partial charge in [-0.3, -0.25) is 4.98 Å². The highest BCUT2D eigenvalue weighted by atomic mass is 35.5. The molecule has 1 unspecified atom stereocenters. The SMILES string of the molecule is O=C(O)c1cc(Cl)ccc1Nc1c(C(CO)COBO)cnc2ccc(Cl)cc12. The summed E-state index contributed by atoms with van der Waals surface area (Å²) in [6.45, 7) is -0.226. The molecular formula is C19H17BCl2N2O5. The first-order valence-electron chi connectivity index (χ1n) is 8.62. The quantitative estimate of drug-likeness (QED) is 0.402. The van der Waals surface area contributed by atoms with Gasteiger partial charge in [0.15, 0.2) is 0 Å². The summed E-state index contributed by atoms with van der Waals surface area (Å²) in [5.74, 6) is -1.66. The molecule has 0 aliphatic rings. The Hall–Kier alpha value is -2.36. The molecule has 29 heavy (non-hydrogen) atoms. The number of pyridine rings is 1. The van der Waals surface area contributed by atoms with Crippen molar-refractivity contribution in [3.05, 3.63) is 63.8 Å². The molecule has 2 aromatic carbocycles. The predicted octanol–water partition coefficient (Wildman–Crippen LogP) is 3.33. The minimum Gasteiger partial charge on any atom is -0.478 e. The van der Waals surface area contributed by atoms with Crippen LogP contribution in [-0.2, 0) is 4.65 Å². The zero-order valence-electron chi connectivity index (χ0n) is 15.1. The fourth-order valence-electron chi connectivity index (χ4n) is 3.00. The molecule has 1 atom stereocenters. The Morgan fingerprint density at radius 3 is 2.62 bits per heavy atom. The van der Waals surface area contributed by atoms with Crippen LogP contribution in [-0.4, -0.2) is 47.1 Å². The van der Waals surface area contributed by atoms with Gasteiger partial charge in [0.2, 0.25) is 0 Å².